The molecule has 0 fully saturated rings. The number of rotatable bonds is 38. The van der Waals surface area contributed by atoms with E-state index >= 15 is 0 Å². The van der Waals surface area contributed by atoms with Gasteiger partial charge < -0.3 is 101 Å². The molecule has 0 unspecified atom stereocenters. The molecule has 0 aliphatic carbocycles. The molecule has 0 aliphatic heterocycles. The van der Waals surface area contributed by atoms with Gasteiger partial charge in [0.25, 0.3) is 0 Å². The molecule has 32 nitrogen and oxygen atoms in total. The average molecular weight is 1240 g/mol. The first-order chi connectivity index (χ1) is 41.1. The smallest absolute Gasteiger partial charge is 0.326 e. The number of nitrogens with zero attached hydrogens (tertiary/aromatic N) is 1. The molecule has 0 aromatic heterocycles. The Labute approximate surface area is 507 Å². The Balaban J connectivity index is 2.43. The number of carboxylic acid groups (broad SMARTS) is 3. The van der Waals surface area contributed by atoms with Gasteiger partial charge in [0.15, 0.2) is 5.96 Å². The number of benzene rings is 2. The van der Waals surface area contributed by atoms with Crippen LogP contribution in [0.15, 0.2) is 53.5 Å². The molecule has 488 valence electrons. The summed E-state index contributed by atoms with van der Waals surface area (Å²) in [6.07, 6.45) is -4.97. The zero-order valence-electron chi connectivity index (χ0n) is 50.0. The minimum Gasteiger partial charge on any atom is -0.508 e. The number of aliphatic hydroxyl groups excluding tert-OH is 2. The predicted molar refractivity (Wildman–Crippen MR) is 314 cm³/mol. The lowest BCUT2D eigenvalue weighted by Crippen LogP contribution is -2.62. The van der Waals surface area contributed by atoms with Gasteiger partial charge in [0.2, 0.25) is 53.2 Å². The predicted octanol–water partition coefficient (Wildman–Crippen LogP) is -4.22. The summed E-state index contributed by atoms with van der Waals surface area (Å²) in [6, 6.07) is -5.42. The van der Waals surface area contributed by atoms with E-state index in [9.17, 15) is 93.3 Å². The first-order valence-electron chi connectivity index (χ1n) is 28.2. The van der Waals surface area contributed by atoms with Gasteiger partial charge in [-0.3, -0.25) is 57.7 Å². The number of carbonyl (C=O) groups is 12. The zero-order valence-corrected chi connectivity index (χ0v) is 50.0. The molecule has 11 atom stereocenters. The first kappa shape index (κ1) is 74.9. The van der Waals surface area contributed by atoms with Crippen LogP contribution in [0.4, 0.5) is 0 Å². The Hall–Kier alpha value is -9.17. The maximum Gasteiger partial charge on any atom is 0.326 e. The highest BCUT2D eigenvalue weighted by atomic mass is 16.4. The third kappa shape index (κ3) is 27.0. The van der Waals surface area contributed by atoms with Crippen molar-refractivity contribution in [1.82, 2.24) is 47.9 Å². The molecule has 0 heterocycles. The van der Waals surface area contributed by atoms with Crippen molar-refractivity contribution < 1.29 is 93.3 Å². The second-order valence-corrected chi connectivity index (χ2v) is 22.2. The van der Waals surface area contributed by atoms with Gasteiger partial charge in [-0.1, -0.05) is 65.8 Å². The van der Waals surface area contributed by atoms with Crippen molar-refractivity contribution in [1.29, 1.82) is 0 Å². The molecule has 2 aromatic carbocycles. The number of nitrogens with two attached hydrogens (primary N) is 3. The van der Waals surface area contributed by atoms with E-state index in [1.807, 2.05) is 0 Å². The van der Waals surface area contributed by atoms with Crippen LogP contribution in [0.5, 0.6) is 11.5 Å². The topological polar surface area (TPSA) is 545 Å². The van der Waals surface area contributed by atoms with Crippen molar-refractivity contribution in [3.05, 3.63) is 59.7 Å². The van der Waals surface area contributed by atoms with Crippen molar-refractivity contribution in [3.8, 4) is 11.5 Å². The normalized spacial score (nSPS) is 14.9. The highest BCUT2D eigenvalue weighted by Gasteiger charge is 2.38. The number of aliphatic imine (C=N–C) groups is 1. The SMILES string of the molecule is CC(C)C[C@H](NC(=O)[C@H](CO)NC(=O)[C@H](CC(=O)O)NC(=O)[C@H](CCCN=C(N)N)NC(=O)[C@H](CC(=O)O)NC(=O)[C@H](CC(C)C)NC(=O)[C@@H](NC(=O)[C@@H](N)Cc1ccc(O)cc1)[C@@H](C)O)C(=O)N[C@@H](Cc1ccc(O)cc1)C(=O)N[C@H](C(=O)O)C(C)C. The van der Waals surface area contributed by atoms with Gasteiger partial charge in [-0.25, -0.2) is 4.79 Å². The second kappa shape index (κ2) is 36.7. The Kier molecular flexibility index (Phi) is 31.3. The highest BCUT2D eigenvalue weighted by Crippen LogP contribution is 2.16. The van der Waals surface area contributed by atoms with Crippen LogP contribution in [0.3, 0.4) is 0 Å². The molecule has 0 spiro atoms. The molecule has 0 saturated heterocycles. The largest absolute Gasteiger partial charge is 0.508 e. The molecule has 9 amide bonds. The number of nitrogens with one attached hydrogen (secondary N) is 9. The van der Waals surface area contributed by atoms with Crippen LogP contribution < -0.4 is 65.1 Å². The number of aromatic hydroxyl groups is 2. The second-order valence-electron chi connectivity index (χ2n) is 22.2. The summed E-state index contributed by atoms with van der Waals surface area (Å²) < 4.78 is 0. The third-order valence-corrected chi connectivity index (χ3v) is 13.1. The van der Waals surface area contributed by atoms with E-state index in [2.05, 4.69) is 52.8 Å². The molecule has 0 saturated carbocycles. The van der Waals surface area contributed by atoms with E-state index in [0.717, 1.165) is 0 Å². The number of aliphatic carboxylic acids is 3. The van der Waals surface area contributed by atoms with Crippen LogP contribution in [0.2, 0.25) is 0 Å². The van der Waals surface area contributed by atoms with Gasteiger partial charge in [0, 0.05) is 13.0 Å². The van der Waals surface area contributed by atoms with Crippen molar-refractivity contribution in [2.24, 2.45) is 39.9 Å². The van der Waals surface area contributed by atoms with Crippen LogP contribution in [0, 0.1) is 17.8 Å². The van der Waals surface area contributed by atoms with Crippen molar-refractivity contribution in [2.45, 2.75) is 166 Å². The maximum atomic E-state index is 14.1. The van der Waals surface area contributed by atoms with Gasteiger partial charge in [0.1, 0.15) is 65.9 Å². The van der Waals surface area contributed by atoms with Crippen molar-refractivity contribution in [3.63, 3.8) is 0 Å². The molecule has 0 radical (unpaired) electrons. The molecule has 0 aliphatic rings. The van der Waals surface area contributed by atoms with E-state index in [-0.39, 0.29) is 67.9 Å². The molecule has 88 heavy (non-hydrogen) atoms. The number of carboxylic acids is 3. The van der Waals surface area contributed by atoms with Gasteiger partial charge in [0.05, 0.1) is 31.6 Å². The quantitative estimate of drug-likeness (QED) is 0.0172. The number of hydrogen-bond donors (Lipinski definition) is 19. The fraction of sp³-hybridized carbons (Fsp3) is 0.554. The number of phenolic OH excluding ortho intramolecular Hbond substituents is 2. The van der Waals surface area contributed by atoms with E-state index in [0.29, 0.717) is 11.1 Å². The fourth-order valence-electron chi connectivity index (χ4n) is 8.52. The Morgan fingerprint density at radius 1 is 0.466 bits per heavy atom. The summed E-state index contributed by atoms with van der Waals surface area (Å²) in [6.45, 7) is 9.53. The number of amides is 9. The number of hydrogen-bond acceptors (Lipinski definition) is 18. The summed E-state index contributed by atoms with van der Waals surface area (Å²) in [7, 11) is 0. The number of phenols is 2. The summed E-state index contributed by atoms with van der Waals surface area (Å²) in [5, 5.41) is 90.7. The summed E-state index contributed by atoms with van der Waals surface area (Å²) in [5.74, 6) is -16.7. The third-order valence-electron chi connectivity index (χ3n) is 13.1. The number of guanidine groups is 1. The lowest BCUT2D eigenvalue weighted by molar-refractivity contribution is -0.144. The lowest BCUT2D eigenvalue weighted by atomic mass is 9.99. The molecule has 0 bridgehead atoms. The van der Waals surface area contributed by atoms with E-state index in [1.54, 1.807) is 41.5 Å². The Bertz CT molecular complexity index is 2760. The Morgan fingerprint density at radius 3 is 1.24 bits per heavy atom. The van der Waals surface area contributed by atoms with Crippen LogP contribution in [0.1, 0.15) is 98.1 Å². The lowest BCUT2D eigenvalue weighted by Gasteiger charge is -2.28. The fourth-order valence-corrected chi connectivity index (χ4v) is 8.52. The van der Waals surface area contributed by atoms with Crippen molar-refractivity contribution in [2.75, 3.05) is 13.2 Å². The molecule has 2 aromatic rings. The monoisotopic (exact) mass is 1240 g/mol. The average Bonchev–Trinajstić information content (AvgIpc) is 3.51. The highest BCUT2D eigenvalue weighted by molar-refractivity contribution is 6.00. The molecular formula is C56H85N13O19. The van der Waals surface area contributed by atoms with Gasteiger partial charge in [-0.15, -0.1) is 0 Å². The van der Waals surface area contributed by atoms with E-state index in [1.165, 1.54) is 55.5 Å². The van der Waals surface area contributed by atoms with E-state index < -0.39 is 169 Å². The number of aliphatic hydroxyl groups is 2. The van der Waals surface area contributed by atoms with Gasteiger partial charge >= 0.3 is 17.9 Å². The zero-order chi connectivity index (χ0) is 66.7. The molecule has 32 heteroatoms. The Morgan fingerprint density at radius 2 is 0.830 bits per heavy atom. The summed E-state index contributed by atoms with van der Waals surface area (Å²) in [5.41, 5.74) is 17.9. The van der Waals surface area contributed by atoms with Crippen LogP contribution in [0.25, 0.3) is 0 Å². The van der Waals surface area contributed by atoms with Gasteiger partial charge in [-0.2, -0.15) is 0 Å². The maximum absolute atomic E-state index is 14.1. The van der Waals surface area contributed by atoms with Gasteiger partial charge in [-0.05, 0) is 92.2 Å². The summed E-state index contributed by atoms with van der Waals surface area (Å²) in [4.78, 5) is 164. The van der Waals surface area contributed by atoms with Crippen molar-refractivity contribution >= 4 is 77.0 Å². The standard InChI is InChI=1S/C56H85N13O19/c1-26(2)19-36(48(80)63-38(22-31-12-16-33(73)17-13-31)52(84)68-44(28(5)6)55(87)88)62-53(85)41(25-70)67-51(83)40(24-43(76)77)64-47(79)35(9-8-18-60-56(58)59)61-50(82)39(23-42(74)75)65-49(81)37(20-27(3)4)66-54(86)45(29(7)71)69-46(78)34(57)21-30-10-14-32(72)15-11-30/h10-17,26-29,34-41,44-45,70-73H,8-9,18-25,57H2,1-7H3,(H,61,82)(H,62,85)(H,63,80)(H,64,79)(H,65,81)(H,66,86)(H,67,83)(H,68,84)(H,69,78)(H,74,75)(H,76,77)(H,87,88)(H4,58,59,60)/t29-,34+,35+,36+,37+,38+,39+,40+,41+,44+,45+/m1/s1. The molecule has 2 rings (SSSR count). The van der Waals surface area contributed by atoms with Crippen LogP contribution in [-0.4, -0.2) is 192 Å². The first-order valence-corrected chi connectivity index (χ1v) is 28.2. The van der Waals surface area contributed by atoms with E-state index in [4.69, 9.17) is 17.2 Å². The minimum absolute atomic E-state index is 0.0369. The minimum atomic E-state index is -2.10. The van der Waals surface area contributed by atoms with Crippen LogP contribution in [-0.2, 0) is 70.4 Å². The number of carbonyl (C=O) groups excluding carboxylic acids is 9. The molecular weight excluding hydrogens is 1160 g/mol. The van der Waals surface area contributed by atoms with Crippen LogP contribution >= 0.6 is 0 Å². The summed E-state index contributed by atoms with van der Waals surface area (Å²) >= 11 is 0. The molecule has 22 N–H and O–H groups in total.